The molecule has 0 unspecified atom stereocenters. The summed E-state index contributed by atoms with van der Waals surface area (Å²) in [5.41, 5.74) is 1.24. The van der Waals surface area contributed by atoms with Crippen molar-refractivity contribution in [2.45, 2.75) is 6.92 Å². The van der Waals surface area contributed by atoms with E-state index in [1.165, 1.54) is 10.9 Å². The molecule has 0 aliphatic heterocycles. The molecule has 3 aromatic rings. The molecule has 3 aromatic carbocycles. The van der Waals surface area contributed by atoms with Gasteiger partial charge < -0.3 is 4.74 Å². The zero-order chi connectivity index (χ0) is 12.4. The molecular weight excluding hydrogens is 220 g/mol. The van der Waals surface area contributed by atoms with E-state index in [9.17, 15) is 0 Å². The maximum absolute atomic E-state index is 5.95. The number of fused-ring (bicyclic) bond motifs is 1. The second-order valence-corrected chi connectivity index (χ2v) is 4.39. The summed E-state index contributed by atoms with van der Waals surface area (Å²) in [7, 11) is 0. The molecule has 0 atom stereocenters. The lowest BCUT2D eigenvalue weighted by Gasteiger charge is -2.09. The van der Waals surface area contributed by atoms with Gasteiger partial charge in [0.25, 0.3) is 0 Å². The summed E-state index contributed by atoms with van der Waals surface area (Å²) in [6.07, 6.45) is 0. The lowest BCUT2D eigenvalue weighted by Crippen LogP contribution is -1.85. The van der Waals surface area contributed by atoms with Crippen molar-refractivity contribution in [1.29, 1.82) is 0 Å². The van der Waals surface area contributed by atoms with Crippen LogP contribution in [0.25, 0.3) is 10.8 Å². The maximum atomic E-state index is 5.95. The lowest BCUT2D eigenvalue weighted by atomic mass is 10.1. The Morgan fingerprint density at radius 1 is 0.722 bits per heavy atom. The second kappa shape index (κ2) is 4.53. The molecule has 1 heteroatoms. The molecule has 0 fully saturated rings. The molecule has 18 heavy (non-hydrogen) atoms. The number of hydrogen-bond donors (Lipinski definition) is 0. The Kier molecular flexibility index (Phi) is 2.73. The first kappa shape index (κ1) is 10.8. The molecule has 3 rings (SSSR count). The van der Waals surface area contributed by atoms with Crippen molar-refractivity contribution < 1.29 is 4.74 Å². The van der Waals surface area contributed by atoms with Gasteiger partial charge in [0, 0.05) is 5.39 Å². The van der Waals surface area contributed by atoms with Gasteiger partial charge in [-0.25, -0.2) is 0 Å². The molecule has 0 saturated heterocycles. The first-order valence-electron chi connectivity index (χ1n) is 6.05. The molecule has 0 heterocycles. The molecular formula is C17H14O. The molecule has 0 aliphatic rings. The van der Waals surface area contributed by atoms with Crippen molar-refractivity contribution in [2.75, 3.05) is 0 Å². The van der Waals surface area contributed by atoms with E-state index in [1.807, 2.05) is 36.4 Å². The highest BCUT2D eigenvalue weighted by atomic mass is 16.5. The Bertz CT molecular complexity index is 663. The summed E-state index contributed by atoms with van der Waals surface area (Å²) in [5.74, 6) is 1.77. The molecule has 0 aromatic heterocycles. The van der Waals surface area contributed by atoms with Gasteiger partial charge in [-0.1, -0.05) is 54.1 Å². The molecule has 88 valence electrons. The SMILES string of the molecule is Cc1ccc(Oc2cccc3ccccc23)cc1. The van der Waals surface area contributed by atoms with Gasteiger partial charge in [0.1, 0.15) is 11.5 Å². The monoisotopic (exact) mass is 234 g/mol. The predicted octanol–water partition coefficient (Wildman–Crippen LogP) is 4.94. The van der Waals surface area contributed by atoms with Crippen molar-refractivity contribution in [3.63, 3.8) is 0 Å². The van der Waals surface area contributed by atoms with Gasteiger partial charge in [-0.3, -0.25) is 0 Å². The van der Waals surface area contributed by atoms with E-state index in [2.05, 4.69) is 37.3 Å². The van der Waals surface area contributed by atoms with Gasteiger partial charge in [0.2, 0.25) is 0 Å². The van der Waals surface area contributed by atoms with Crippen molar-refractivity contribution in [3.8, 4) is 11.5 Å². The third kappa shape index (κ3) is 2.07. The molecule has 0 saturated carbocycles. The van der Waals surface area contributed by atoms with Crippen LogP contribution in [0, 0.1) is 6.92 Å². The first-order valence-corrected chi connectivity index (χ1v) is 6.05. The summed E-state index contributed by atoms with van der Waals surface area (Å²) in [4.78, 5) is 0. The first-order chi connectivity index (χ1) is 8.83. The smallest absolute Gasteiger partial charge is 0.135 e. The normalized spacial score (nSPS) is 10.5. The van der Waals surface area contributed by atoms with Crippen molar-refractivity contribution >= 4 is 10.8 Å². The average molecular weight is 234 g/mol. The van der Waals surface area contributed by atoms with Crippen LogP contribution in [0.15, 0.2) is 66.7 Å². The van der Waals surface area contributed by atoms with Gasteiger partial charge in [-0.2, -0.15) is 0 Å². The van der Waals surface area contributed by atoms with Crippen LogP contribution in [0.3, 0.4) is 0 Å². The fraction of sp³-hybridized carbons (Fsp3) is 0.0588. The van der Waals surface area contributed by atoms with Crippen LogP contribution >= 0.6 is 0 Å². The Morgan fingerprint density at radius 2 is 1.44 bits per heavy atom. The van der Waals surface area contributed by atoms with Crippen LogP contribution in [0.4, 0.5) is 0 Å². The quantitative estimate of drug-likeness (QED) is 0.610. The molecule has 0 radical (unpaired) electrons. The van der Waals surface area contributed by atoms with E-state index in [0.29, 0.717) is 0 Å². The Balaban J connectivity index is 2.02. The largest absolute Gasteiger partial charge is 0.457 e. The third-order valence-electron chi connectivity index (χ3n) is 3.00. The van der Waals surface area contributed by atoms with E-state index in [-0.39, 0.29) is 0 Å². The van der Waals surface area contributed by atoms with Gasteiger partial charge in [0.05, 0.1) is 0 Å². The van der Waals surface area contributed by atoms with Crippen molar-refractivity contribution in [3.05, 3.63) is 72.3 Å². The molecule has 0 aliphatic carbocycles. The number of aryl methyl sites for hydroxylation is 1. The van der Waals surface area contributed by atoms with E-state index < -0.39 is 0 Å². The van der Waals surface area contributed by atoms with Gasteiger partial charge in [-0.05, 0) is 30.5 Å². The fourth-order valence-corrected chi connectivity index (χ4v) is 2.02. The topological polar surface area (TPSA) is 9.23 Å². The molecule has 0 bridgehead atoms. The Labute approximate surface area is 107 Å². The fourth-order valence-electron chi connectivity index (χ4n) is 2.02. The summed E-state index contributed by atoms with van der Waals surface area (Å²) in [6.45, 7) is 2.07. The van der Waals surface area contributed by atoms with E-state index in [4.69, 9.17) is 4.74 Å². The summed E-state index contributed by atoms with van der Waals surface area (Å²) < 4.78 is 5.95. The van der Waals surface area contributed by atoms with Crippen LogP contribution in [-0.4, -0.2) is 0 Å². The van der Waals surface area contributed by atoms with Crippen LogP contribution in [0.1, 0.15) is 5.56 Å². The summed E-state index contributed by atoms with van der Waals surface area (Å²) in [6, 6.07) is 22.5. The standard InChI is InChI=1S/C17H14O/c1-13-9-11-15(12-10-13)18-17-8-4-6-14-5-2-3-7-16(14)17/h2-12H,1H3. The Hall–Kier alpha value is -2.28. The van der Waals surface area contributed by atoms with E-state index in [0.717, 1.165) is 16.9 Å². The minimum absolute atomic E-state index is 0.872. The van der Waals surface area contributed by atoms with Crippen LogP contribution < -0.4 is 4.74 Å². The molecule has 0 amide bonds. The summed E-state index contributed by atoms with van der Waals surface area (Å²) in [5, 5.41) is 2.34. The zero-order valence-electron chi connectivity index (χ0n) is 10.3. The van der Waals surface area contributed by atoms with Crippen LogP contribution in [0.2, 0.25) is 0 Å². The van der Waals surface area contributed by atoms with Crippen LogP contribution in [0.5, 0.6) is 11.5 Å². The number of ether oxygens (including phenoxy) is 1. The van der Waals surface area contributed by atoms with E-state index in [1.54, 1.807) is 0 Å². The van der Waals surface area contributed by atoms with Gasteiger partial charge >= 0.3 is 0 Å². The summed E-state index contributed by atoms with van der Waals surface area (Å²) >= 11 is 0. The minimum atomic E-state index is 0.872. The van der Waals surface area contributed by atoms with Crippen LogP contribution in [-0.2, 0) is 0 Å². The molecule has 0 spiro atoms. The predicted molar refractivity (Wildman–Crippen MR) is 75.2 cm³/mol. The highest BCUT2D eigenvalue weighted by Crippen LogP contribution is 2.29. The minimum Gasteiger partial charge on any atom is -0.457 e. The van der Waals surface area contributed by atoms with Crippen molar-refractivity contribution in [1.82, 2.24) is 0 Å². The third-order valence-corrected chi connectivity index (χ3v) is 3.00. The van der Waals surface area contributed by atoms with E-state index >= 15 is 0 Å². The van der Waals surface area contributed by atoms with Gasteiger partial charge in [0.15, 0.2) is 0 Å². The lowest BCUT2D eigenvalue weighted by molar-refractivity contribution is 0.488. The Morgan fingerprint density at radius 3 is 2.28 bits per heavy atom. The molecule has 1 nitrogen and oxygen atoms in total. The second-order valence-electron chi connectivity index (χ2n) is 4.39. The highest BCUT2D eigenvalue weighted by molar-refractivity contribution is 5.88. The highest BCUT2D eigenvalue weighted by Gasteiger charge is 2.02. The number of rotatable bonds is 2. The zero-order valence-corrected chi connectivity index (χ0v) is 10.3. The molecule has 0 N–H and O–H groups in total. The number of hydrogen-bond acceptors (Lipinski definition) is 1. The maximum Gasteiger partial charge on any atom is 0.135 e. The van der Waals surface area contributed by atoms with Gasteiger partial charge in [-0.15, -0.1) is 0 Å². The van der Waals surface area contributed by atoms with Crippen molar-refractivity contribution in [2.24, 2.45) is 0 Å². The average Bonchev–Trinajstić information content (AvgIpc) is 2.42. The number of benzene rings is 3.